The van der Waals surface area contributed by atoms with Gasteiger partial charge < -0.3 is 10.8 Å². The van der Waals surface area contributed by atoms with Gasteiger partial charge in [-0.15, -0.1) is 0 Å². The lowest BCUT2D eigenvalue weighted by molar-refractivity contribution is -0.137. The highest BCUT2D eigenvalue weighted by Crippen LogP contribution is 2.34. The predicted molar refractivity (Wildman–Crippen MR) is 45.8 cm³/mol. The molecule has 0 unspecified atom stereocenters. The first kappa shape index (κ1) is 9.78. The van der Waals surface area contributed by atoms with E-state index in [1.807, 2.05) is 0 Å². The van der Waals surface area contributed by atoms with Crippen LogP contribution in [0.2, 0.25) is 0 Å². The van der Waals surface area contributed by atoms with E-state index in [0.29, 0.717) is 5.75 Å². The second kappa shape index (κ2) is 3.25. The van der Waals surface area contributed by atoms with Crippen LogP contribution >= 0.6 is 10.0 Å². The molecule has 0 radical (unpaired) electrons. The lowest BCUT2D eigenvalue weighted by atomic mass is 10.4. The molecule has 0 fully saturated rings. The normalized spacial score (nSPS) is 16.4. The van der Waals surface area contributed by atoms with Crippen LogP contribution in [0.1, 0.15) is 0 Å². The number of carbonyl (C=O) groups is 1. The van der Waals surface area contributed by atoms with Crippen molar-refractivity contribution < 1.29 is 9.90 Å². The minimum absolute atomic E-state index is 0.600. The average Bonchev–Trinajstić information content (AvgIpc) is 1.60. The van der Waals surface area contributed by atoms with E-state index in [0.717, 1.165) is 0 Å². The summed E-state index contributed by atoms with van der Waals surface area (Å²) in [6.45, 7) is 0. The molecule has 0 aromatic rings. The van der Waals surface area contributed by atoms with Gasteiger partial charge >= 0.3 is 5.97 Å². The van der Waals surface area contributed by atoms with Gasteiger partial charge in [-0.25, -0.2) is 10.0 Å². The maximum absolute atomic E-state index is 10.3. The van der Waals surface area contributed by atoms with Crippen LogP contribution < -0.4 is 5.73 Å². The number of carboxylic acids is 1. The third-order valence-electron chi connectivity index (χ3n) is 0.997. The van der Waals surface area contributed by atoms with Gasteiger partial charge in [0.25, 0.3) is 0 Å². The van der Waals surface area contributed by atoms with E-state index in [2.05, 4.69) is 18.8 Å². The van der Waals surface area contributed by atoms with Gasteiger partial charge in [0, 0.05) is 5.75 Å². The second-order valence-electron chi connectivity index (χ2n) is 3.20. The number of hydrogen-bond acceptors (Lipinski definition) is 2. The molecule has 0 aliphatic carbocycles. The predicted octanol–water partition coefficient (Wildman–Crippen LogP) is 0.0923. The van der Waals surface area contributed by atoms with E-state index in [9.17, 15) is 4.79 Å². The SMILES string of the molecule is CS(C)(C)C[C@@H](N)C(=O)O. The fourth-order valence-electron chi connectivity index (χ4n) is 0.610. The van der Waals surface area contributed by atoms with Crippen molar-refractivity contribution in [1.29, 1.82) is 0 Å². The van der Waals surface area contributed by atoms with Crippen molar-refractivity contribution >= 4 is 16.0 Å². The molecule has 0 aliphatic rings. The molecule has 0 aromatic carbocycles. The third kappa shape index (κ3) is 4.64. The van der Waals surface area contributed by atoms with Gasteiger partial charge in [-0.2, -0.15) is 0 Å². The first-order valence-corrected chi connectivity index (χ1v) is 6.00. The summed E-state index contributed by atoms with van der Waals surface area (Å²) in [5.74, 6) is -0.301. The van der Waals surface area contributed by atoms with Crippen LogP contribution in [-0.2, 0) is 4.79 Å². The van der Waals surface area contributed by atoms with Gasteiger partial charge in [0.05, 0.1) is 0 Å². The molecule has 0 heterocycles. The molecule has 0 aromatic heterocycles. The van der Waals surface area contributed by atoms with Crippen molar-refractivity contribution in [3.63, 3.8) is 0 Å². The largest absolute Gasteiger partial charge is 0.480 e. The highest BCUT2D eigenvalue weighted by atomic mass is 32.3. The molecule has 3 nitrogen and oxygen atoms in total. The summed E-state index contributed by atoms with van der Waals surface area (Å²) in [6.07, 6.45) is 6.15. The van der Waals surface area contributed by atoms with Crippen molar-refractivity contribution in [3.05, 3.63) is 0 Å². The lowest BCUT2D eigenvalue weighted by Crippen LogP contribution is -2.35. The van der Waals surface area contributed by atoms with Crippen molar-refractivity contribution in [2.45, 2.75) is 6.04 Å². The maximum Gasteiger partial charge on any atom is 0.321 e. The van der Waals surface area contributed by atoms with E-state index in [1.165, 1.54) is 0 Å². The van der Waals surface area contributed by atoms with Crippen LogP contribution in [-0.4, -0.2) is 41.6 Å². The third-order valence-corrected chi connectivity index (χ3v) is 2.36. The lowest BCUT2D eigenvalue weighted by Gasteiger charge is -2.26. The molecular formula is C6H15NO2S. The molecule has 0 saturated heterocycles. The van der Waals surface area contributed by atoms with Gasteiger partial charge in [-0.1, -0.05) is 0 Å². The van der Waals surface area contributed by atoms with Gasteiger partial charge in [0.1, 0.15) is 6.04 Å². The molecule has 10 heavy (non-hydrogen) atoms. The van der Waals surface area contributed by atoms with E-state index < -0.39 is 22.0 Å². The minimum atomic E-state index is -0.901. The quantitative estimate of drug-likeness (QED) is 0.623. The molecule has 0 spiro atoms. The molecule has 3 N–H and O–H groups in total. The second-order valence-corrected chi connectivity index (χ2v) is 7.72. The molecule has 4 heteroatoms. The van der Waals surface area contributed by atoms with Crippen LogP contribution in [0.25, 0.3) is 0 Å². The van der Waals surface area contributed by atoms with Crippen LogP contribution in [0.3, 0.4) is 0 Å². The zero-order valence-corrected chi connectivity index (χ0v) is 7.44. The summed E-state index contributed by atoms with van der Waals surface area (Å²) >= 11 is 0. The minimum Gasteiger partial charge on any atom is -0.480 e. The number of aliphatic carboxylic acids is 1. The van der Waals surface area contributed by atoms with Crippen LogP contribution in [0.5, 0.6) is 0 Å². The Hall–Kier alpha value is -0.220. The Labute approximate surface area is 62.9 Å². The molecule has 0 saturated carbocycles. The first-order valence-electron chi connectivity index (χ1n) is 2.97. The molecule has 0 amide bonds. The topological polar surface area (TPSA) is 63.3 Å². The number of carboxylic acid groups (broad SMARTS) is 1. The zero-order valence-electron chi connectivity index (χ0n) is 6.63. The average molecular weight is 165 g/mol. The highest BCUT2D eigenvalue weighted by molar-refractivity contribution is 8.32. The summed E-state index contributed by atoms with van der Waals surface area (Å²) in [4.78, 5) is 10.3. The molecule has 62 valence electrons. The summed E-state index contributed by atoms with van der Waals surface area (Å²) in [5, 5.41) is 8.43. The fourth-order valence-corrected chi connectivity index (χ4v) is 1.83. The molecule has 0 rings (SSSR count). The summed E-state index contributed by atoms with van der Waals surface area (Å²) in [6, 6.07) is -0.685. The Balaban J connectivity index is 3.80. The Morgan fingerprint density at radius 2 is 2.00 bits per heavy atom. The summed E-state index contributed by atoms with van der Waals surface area (Å²) in [5.41, 5.74) is 5.32. The monoisotopic (exact) mass is 165 g/mol. The Kier molecular flexibility index (Phi) is 3.18. The Morgan fingerprint density at radius 3 is 2.10 bits per heavy atom. The van der Waals surface area contributed by atoms with Crippen LogP contribution in [0.4, 0.5) is 0 Å². The van der Waals surface area contributed by atoms with E-state index in [-0.39, 0.29) is 0 Å². The van der Waals surface area contributed by atoms with Crippen molar-refractivity contribution in [3.8, 4) is 0 Å². The number of rotatable bonds is 3. The standard InChI is InChI=1S/C6H15NO2S/c1-10(2,3)4-5(7)6(8)9/h5H,4,7H2,1-3H3,(H,8,9)/t5-/m1/s1. The van der Waals surface area contributed by atoms with E-state index in [1.54, 1.807) is 0 Å². The van der Waals surface area contributed by atoms with E-state index >= 15 is 0 Å². The molecule has 0 bridgehead atoms. The van der Waals surface area contributed by atoms with Crippen LogP contribution in [0, 0.1) is 0 Å². The maximum atomic E-state index is 10.3. The smallest absolute Gasteiger partial charge is 0.321 e. The number of hydrogen-bond donors (Lipinski definition) is 2. The molecule has 0 aliphatic heterocycles. The zero-order chi connectivity index (χ0) is 8.36. The van der Waals surface area contributed by atoms with Crippen molar-refractivity contribution in [1.82, 2.24) is 0 Å². The fraction of sp³-hybridized carbons (Fsp3) is 0.833. The molecule has 1 atom stereocenters. The summed E-state index contributed by atoms with van der Waals surface area (Å²) in [7, 11) is -0.774. The van der Waals surface area contributed by atoms with Crippen LogP contribution in [0.15, 0.2) is 0 Å². The van der Waals surface area contributed by atoms with Gasteiger partial charge in [0.2, 0.25) is 0 Å². The Morgan fingerprint density at radius 1 is 1.60 bits per heavy atom. The van der Waals surface area contributed by atoms with Gasteiger partial charge in [-0.3, -0.25) is 4.79 Å². The highest BCUT2D eigenvalue weighted by Gasteiger charge is 2.16. The Bertz CT molecular complexity index is 130. The van der Waals surface area contributed by atoms with Gasteiger partial charge in [0.15, 0.2) is 0 Å². The first-order chi connectivity index (χ1) is 4.33. The van der Waals surface area contributed by atoms with E-state index in [4.69, 9.17) is 10.8 Å². The summed E-state index contributed by atoms with van der Waals surface area (Å²) < 4.78 is 0. The number of nitrogens with two attached hydrogens (primary N) is 1. The molecular weight excluding hydrogens is 150 g/mol. The van der Waals surface area contributed by atoms with Crippen molar-refractivity contribution in [2.75, 3.05) is 24.5 Å². The van der Waals surface area contributed by atoms with Gasteiger partial charge in [-0.05, 0) is 18.8 Å². The van der Waals surface area contributed by atoms with Crippen molar-refractivity contribution in [2.24, 2.45) is 5.73 Å².